The van der Waals surface area contributed by atoms with Crippen LogP contribution in [0.4, 0.5) is 0 Å². The highest BCUT2D eigenvalue weighted by molar-refractivity contribution is 5.82. The number of fused-ring (bicyclic) bond motifs is 2. The Bertz CT molecular complexity index is 750. The summed E-state index contributed by atoms with van der Waals surface area (Å²) in [5, 5.41) is 10.7. The quantitative estimate of drug-likeness (QED) is 0.856. The highest BCUT2D eigenvalue weighted by atomic mass is 16.4. The van der Waals surface area contributed by atoms with Crippen LogP contribution in [-0.4, -0.2) is 29.2 Å². The number of rotatable bonds is 2. The SMILES string of the molecule is O=c1cc(CN2CC[C@H](O)C2)c2cc3c(cc2o1)CCC3. The number of aliphatic hydroxyl groups is 1. The van der Waals surface area contributed by atoms with Crippen LogP contribution < -0.4 is 5.63 Å². The van der Waals surface area contributed by atoms with Crippen molar-refractivity contribution in [2.24, 2.45) is 0 Å². The molecule has 4 nitrogen and oxygen atoms in total. The fraction of sp³-hybridized carbons (Fsp3) is 0.471. The Hall–Kier alpha value is -1.65. The van der Waals surface area contributed by atoms with Crippen molar-refractivity contribution in [3.05, 3.63) is 45.3 Å². The van der Waals surface area contributed by atoms with Crippen LogP contribution in [0.2, 0.25) is 0 Å². The molecule has 1 aromatic carbocycles. The molecule has 1 aliphatic heterocycles. The Kier molecular flexibility index (Phi) is 3.08. The first kappa shape index (κ1) is 13.0. The van der Waals surface area contributed by atoms with Crippen LogP contribution in [0.1, 0.15) is 29.5 Å². The Morgan fingerprint density at radius 3 is 2.81 bits per heavy atom. The van der Waals surface area contributed by atoms with E-state index in [1.807, 2.05) is 6.07 Å². The molecule has 1 saturated heterocycles. The molecule has 1 aromatic heterocycles. The van der Waals surface area contributed by atoms with Crippen molar-refractivity contribution in [1.29, 1.82) is 0 Å². The van der Waals surface area contributed by atoms with Crippen LogP contribution in [0, 0.1) is 0 Å². The molecule has 2 heterocycles. The maximum Gasteiger partial charge on any atom is 0.336 e. The van der Waals surface area contributed by atoms with Gasteiger partial charge in [0.05, 0.1) is 6.10 Å². The number of benzene rings is 1. The first-order valence-corrected chi connectivity index (χ1v) is 7.68. The molecular weight excluding hydrogens is 266 g/mol. The first-order valence-electron chi connectivity index (χ1n) is 7.68. The lowest BCUT2D eigenvalue weighted by Gasteiger charge is -2.16. The Morgan fingerprint density at radius 1 is 1.24 bits per heavy atom. The number of nitrogens with zero attached hydrogens (tertiary/aromatic N) is 1. The average molecular weight is 285 g/mol. The number of β-amino-alcohol motifs (C(OH)–C–C–N with tert-alkyl or cyclic N) is 1. The van der Waals surface area contributed by atoms with Gasteiger partial charge in [-0.15, -0.1) is 0 Å². The van der Waals surface area contributed by atoms with E-state index < -0.39 is 0 Å². The van der Waals surface area contributed by atoms with Gasteiger partial charge in [-0.3, -0.25) is 4.90 Å². The van der Waals surface area contributed by atoms with Crippen LogP contribution in [-0.2, 0) is 19.4 Å². The molecule has 0 unspecified atom stereocenters. The normalized spacial score (nSPS) is 22.0. The molecule has 2 aliphatic rings. The minimum atomic E-state index is -0.282. The third-order valence-corrected chi connectivity index (χ3v) is 4.68. The van der Waals surface area contributed by atoms with E-state index in [9.17, 15) is 9.90 Å². The van der Waals surface area contributed by atoms with Gasteiger partial charge in [0.2, 0.25) is 0 Å². The second kappa shape index (κ2) is 4.97. The summed E-state index contributed by atoms with van der Waals surface area (Å²) in [6.07, 6.45) is 3.96. The molecule has 21 heavy (non-hydrogen) atoms. The Balaban J connectivity index is 1.78. The lowest BCUT2D eigenvalue weighted by atomic mass is 10.0. The molecule has 110 valence electrons. The third kappa shape index (κ3) is 2.39. The number of hydrogen-bond donors (Lipinski definition) is 1. The van der Waals surface area contributed by atoms with Crippen molar-refractivity contribution in [3.8, 4) is 0 Å². The van der Waals surface area contributed by atoms with Gasteiger partial charge in [-0.05, 0) is 54.5 Å². The van der Waals surface area contributed by atoms with E-state index in [1.54, 1.807) is 6.07 Å². The minimum Gasteiger partial charge on any atom is -0.423 e. The lowest BCUT2D eigenvalue weighted by Crippen LogP contribution is -2.22. The molecule has 1 fully saturated rings. The van der Waals surface area contributed by atoms with Crippen LogP contribution in [0.5, 0.6) is 0 Å². The molecule has 0 spiro atoms. The van der Waals surface area contributed by atoms with Gasteiger partial charge in [0.15, 0.2) is 0 Å². The highest BCUT2D eigenvalue weighted by Crippen LogP contribution is 2.29. The largest absolute Gasteiger partial charge is 0.423 e. The average Bonchev–Trinajstić information content (AvgIpc) is 3.05. The molecule has 2 aromatic rings. The van der Waals surface area contributed by atoms with Gasteiger partial charge < -0.3 is 9.52 Å². The minimum absolute atomic E-state index is 0.236. The maximum atomic E-state index is 11.8. The molecule has 1 N–H and O–H groups in total. The van der Waals surface area contributed by atoms with E-state index in [0.717, 1.165) is 36.8 Å². The van der Waals surface area contributed by atoms with Gasteiger partial charge in [-0.1, -0.05) is 0 Å². The van der Waals surface area contributed by atoms with Crippen LogP contribution in [0.3, 0.4) is 0 Å². The van der Waals surface area contributed by atoms with Crippen LogP contribution in [0.15, 0.2) is 27.4 Å². The summed E-state index contributed by atoms with van der Waals surface area (Å²) < 4.78 is 5.39. The number of likely N-dealkylation sites (tertiary alicyclic amines) is 1. The maximum absolute atomic E-state index is 11.8. The monoisotopic (exact) mass is 285 g/mol. The van der Waals surface area contributed by atoms with E-state index in [1.165, 1.54) is 17.5 Å². The summed E-state index contributed by atoms with van der Waals surface area (Å²) in [6, 6.07) is 5.85. The second-order valence-electron chi connectivity index (χ2n) is 6.24. The standard InChI is InChI=1S/C17H19NO3/c19-14-4-5-18(10-14)9-13-8-17(20)21-16-7-12-3-1-2-11(12)6-15(13)16/h6-8,14,19H,1-5,9-10H2/t14-/m0/s1. The van der Waals surface area contributed by atoms with Crippen molar-refractivity contribution < 1.29 is 9.52 Å². The van der Waals surface area contributed by atoms with Gasteiger partial charge in [0.25, 0.3) is 0 Å². The van der Waals surface area contributed by atoms with Crippen LogP contribution in [0.25, 0.3) is 11.0 Å². The summed E-state index contributed by atoms with van der Waals surface area (Å²) in [7, 11) is 0. The summed E-state index contributed by atoms with van der Waals surface area (Å²) in [5.74, 6) is 0. The van der Waals surface area contributed by atoms with E-state index >= 15 is 0 Å². The fourth-order valence-corrected chi connectivity index (χ4v) is 3.62. The predicted octanol–water partition coefficient (Wildman–Crippen LogP) is 1.85. The van der Waals surface area contributed by atoms with Gasteiger partial charge in [-0.25, -0.2) is 4.79 Å². The van der Waals surface area contributed by atoms with E-state index in [4.69, 9.17) is 4.42 Å². The van der Waals surface area contributed by atoms with Crippen LogP contribution >= 0.6 is 0 Å². The zero-order chi connectivity index (χ0) is 14.4. The summed E-state index contributed by atoms with van der Waals surface area (Å²) in [6.45, 7) is 2.28. The summed E-state index contributed by atoms with van der Waals surface area (Å²) in [4.78, 5) is 14.0. The fourth-order valence-electron chi connectivity index (χ4n) is 3.62. The molecule has 0 bridgehead atoms. The number of aliphatic hydroxyl groups excluding tert-OH is 1. The molecule has 0 saturated carbocycles. The van der Waals surface area contributed by atoms with Gasteiger partial charge in [-0.2, -0.15) is 0 Å². The first-order chi connectivity index (χ1) is 10.2. The molecule has 0 radical (unpaired) electrons. The van der Waals surface area contributed by atoms with Crippen molar-refractivity contribution >= 4 is 11.0 Å². The number of hydrogen-bond acceptors (Lipinski definition) is 4. The Morgan fingerprint density at radius 2 is 2.05 bits per heavy atom. The summed E-state index contributed by atoms with van der Waals surface area (Å²) in [5.41, 5.74) is 4.15. The van der Waals surface area contributed by atoms with Crippen molar-refractivity contribution in [3.63, 3.8) is 0 Å². The predicted molar refractivity (Wildman–Crippen MR) is 80.4 cm³/mol. The number of aryl methyl sites for hydroxylation is 2. The van der Waals surface area contributed by atoms with Crippen molar-refractivity contribution in [1.82, 2.24) is 4.90 Å². The smallest absolute Gasteiger partial charge is 0.336 e. The molecule has 1 aliphatic carbocycles. The summed E-state index contributed by atoms with van der Waals surface area (Å²) >= 11 is 0. The Labute approximate surface area is 123 Å². The lowest BCUT2D eigenvalue weighted by molar-refractivity contribution is 0.175. The van der Waals surface area contributed by atoms with Gasteiger partial charge in [0.1, 0.15) is 5.58 Å². The van der Waals surface area contributed by atoms with E-state index in [2.05, 4.69) is 11.0 Å². The highest BCUT2D eigenvalue weighted by Gasteiger charge is 2.22. The van der Waals surface area contributed by atoms with Gasteiger partial charge >= 0.3 is 5.63 Å². The zero-order valence-electron chi connectivity index (χ0n) is 12.0. The molecule has 1 atom stereocenters. The zero-order valence-corrected chi connectivity index (χ0v) is 12.0. The van der Waals surface area contributed by atoms with Gasteiger partial charge in [0, 0.05) is 31.1 Å². The molecule has 4 rings (SSSR count). The van der Waals surface area contributed by atoms with E-state index in [0.29, 0.717) is 18.7 Å². The third-order valence-electron chi connectivity index (χ3n) is 4.68. The second-order valence-corrected chi connectivity index (χ2v) is 6.24. The van der Waals surface area contributed by atoms with Crippen molar-refractivity contribution in [2.75, 3.05) is 13.1 Å². The molecule has 0 amide bonds. The van der Waals surface area contributed by atoms with Crippen molar-refractivity contribution in [2.45, 2.75) is 38.3 Å². The van der Waals surface area contributed by atoms with E-state index in [-0.39, 0.29) is 11.7 Å². The topological polar surface area (TPSA) is 53.7 Å². The molecule has 4 heteroatoms. The molecular formula is C17H19NO3.